The quantitative estimate of drug-likeness (QED) is 0.562. The van der Waals surface area contributed by atoms with E-state index in [-0.39, 0.29) is 17.6 Å². The molecule has 0 amide bonds. The van der Waals surface area contributed by atoms with Crippen molar-refractivity contribution in [1.82, 2.24) is 25.0 Å². The number of hydrogen-bond donors (Lipinski definition) is 2. The Bertz CT molecular complexity index is 1190. The molecule has 2 aliphatic rings. The first-order valence-corrected chi connectivity index (χ1v) is 11.8. The molecule has 0 spiro atoms. The van der Waals surface area contributed by atoms with E-state index < -0.39 is 5.60 Å². The number of aromatic nitrogens is 5. The molecule has 0 aromatic carbocycles. The number of fused-ring (bicyclic) bond motifs is 1. The van der Waals surface area contributed by atoms with Gasteiger partial charge in [-0.2, -0.15) is 10.2 Å². The van der Waals surface area contributed by atoms with Gasteiger partial charge in [0.05, 0.1) is 29.6 Å². The second kappa shape index (κ2) is 8.09. The van der Waals surface area contributed by atoms with Crippen LogP contribution in [0, 0.1) is 19.8 Å². The van der Waals surface area contributed by atoms with Gasteiger partial charge in [-0.05, 0) is 57.2 Å². The number of rotatable bonds is 6. The Hall–Kier alpha value is -3.00. The van der Waals surface area contributed by atoms with Gasteiger partial charge < -0.3 is 10.0 Å². The third-order valence-electron chi connectivity index (χ3n) is 7.39. The monoisotopic (exact) mass is 448 g/mol. The van der Waals surface area contributed by atoms with Crippen molar-refractivity contribution in [3.63, 3.8) is 0 Å². The molecular weight excluding hydrogens is 416 g/mol. The molecule has 3 unspecified atom stereocenters. The number of H-pyrrole nitrogens is 1. The number of hydrogen-bond acceptors (Lipinski definition) is 6. The van der Waals surface area contributed by atoms with Crippen LogP contribution in [0.15, 0.2) is 24.5 Å². The Kier molecular flexibility index (Phi) is 5.35. The van der Waals surface area contributed by atoms with E-state index >= 15 is 0 Å². The number of aliphatic hydroxyl groups is 1. The van der Waals surface area contributed by atoms with E-state index in [1.807, 2.05) is 44.6 Å². The maximum Gasteiger partial charge on any atom is 0.169 e. The average molecular weight is 449 g/mol. The number of Topliss-reactive ketones (excluding diaryl/α,β-unsaturated/α-hetero) is 1. The Morgan fingerprint density at radius 2 is 2.18 bits per heavy atom. The van der Waals surface area contributed by atoms with Gasteiger partial charge >= 0.3 is 0 Å². The highest BCUT2D eigenvalue weighted by Crippen LogP contribution is 2.39. The van der Waals surface area contributed by atoms with Crippen molar-refractivity contribution in [3.05, 3.63) is 58.3 Å². The molecule has 1 aliphatic heterocycles. The van der Waals surface area contributed by atoms with E-state index in [0.29, 0.717) is 18.7 Å². The second-order valence-electron chi connectivity index (χ2n) is 10.0. The number of aromatic amines is 1. The highest BCUT2D eigenvalue weighted by atomic mass is 16.3. The van der Waals surface area contributed by atoms with Crippen LogP contribution in [-0.2, 0) is 13.0 Å². The van der Waals surface area contributed by atoms with Crippen molar-refractivity contribution < 1.29 is 9.90 Å². The zero-order valence-corrected chi connectivity index (χ0v) is 19.8. The minimum Gasteiger partial charge on any atom is -0.388 e. The molecule has 1 saturated heterocycles. The maximum atomic E-state index is 13.2. The molecule has 0 bridgehead atoms. The molecule has 8 nitrogen and oxygen atoms in total. The molecule has 5 rings (SSSR count). The molecule has 1 fully saturated rings. The van der Waals surface area contributed by atoms with Gasteiger partial charge in [0.2, 0.25) is 0 Å². The first-order valence-electron chi connectivity index (χ1n) is 11.8. The van der Waals surface area contributed by atoms with E-state index in [1.165, 1.54) is 5.56 Å². The third-order valence-corrected chi connectivity index (χ3v) is 7.39. The molecule has 4 heterocycles. The van der Waals surface area contributed by atoms with Crippen molar-refractivity contribution in [2.45, 2.75) is 65.0 Å². The summed E-state index contributed by atoms with van der Waals surface area (Å²) < 4.78 is 1.81. The Balaban J connectivity index is 1.27. The Labute approximate surface area is 194 Å². The smallest absolute Gasteiger partial charge is 0.169 e. The van der Waals surface area contributed by atoms with E-state index in [9.17, 15) is 9.90 Å². The molecule has 33 heavy (non-hydrogen) atoms. The van der Waals surface area contributed by atoms with Crippen LogP contribution in [0.1, 0.15) is 71.2 Å². The lowest BCUT2D eigenvalue weighted by Crippen LogP contribution is -2.30. The molecular formula is C25H32N6O2. The normalized spacial score (nSPS) is 23.2. The number of carbonyl (C=O) groups excluding carboxylic acids is 1. The number of anilines is 1. The van der Waals surface area contributed by atoms with Gasteiger partial charge in [-0.15, -0.1) is 0 Å². The Morgan fingerprint density at radius 3 is 2.91 bits per heavy atom. The molecule has 3 aromatic rings. The maximum absolute atomic E-state index is 13.2. The van der Waals surface area contributed by atoms with Gasteiger partial charge in [0.25, 0.3) is 0 Å². The standard InChI is InChI=1S/C25H32N6O2/c1-15(20-6-7-21-17(3)28-29-23(20)21)24(32)19-11-26-31(13-19)12-18-5-8-22(27-16(18)2)30-10-9-25(4,33)14-30/h5,8,11,13,15,20,33H,6-7,9-10,12,14H2,1-4H3,(H,28,29). The number of carbonyl (C=O) groups is 1. The van der Waals surface area contributed by atoms with Crippen LogP contribution in [0.2, 0.25) is 0 Å². The summed E-state index contributed by atoms with van der Waals surface area (Å²) in [5.74, 6) is 1.04. The van der Waals surface area contributed by atoms with Gasteiger partial charge in [-0.1, -0.05) is 13.0 Å². The molecule has 1 aliphatic carbocycles. The van der Waals surface area contributed by atoms with Crippen molar-refractivity contribution in [2.24, 2.45) is 5.92 Å². The van der Waals surface area contributed by atoms with E-state index in [1.54, 1.807) is 6.20 Å². The first-order chi connectivity index (χ1) is 15.7. The van der Waals surface area contributed by atoms with Gasteiger partial charge in [0.1, 0.15) is 5.82 Å². The lowest BCUT2D eigenvalue weighted by molar-refractivity contribution is 0.0838. The molecule has 3 aromatic heterocycles. The molecule has 0 radical (unpaired) electrons. The summed E-state index contributed by atoms with van der Waals surface area (Å²) in [6.45, 7) is 9.88. The lowest BCUT2D eigenvalue weighted by atomic mass is 9.86. The topological polar surface area (TPSA) is 99.9 Å². The SMILES string of the molecule is Cc1nc(N2CCC(C)(O)C2)ccc1Cn1cc(C(=O)C(C)C2CCc3c2n[nH]c3C)cn1. The predicted molar refractivity (Wildman–Crippen MR) is 126 cm³/mol. The summed E-state index contributed by atoms with van der Waals surface area (Å²) in [6.07, 6.45) is 6.22. The molecule has 3 atom stereocenters. The number of β-amino-alcohol motifs (C(OH)–C–C–N with tert-alkyl or cyclic N) is 1. The fourth-order valence-electron chi connectivity index (χ4n) is 5.27. The summed E-state index contributed by atoms with van der Waals surface area (Å²) >= 11 is 0. The van der Waals surface area contributed by atoms with Gasteiger partial charge in [-0.25, -0.2) is 4.98 Å². The fraction of sp³-hybridized carbons (Fsp3) is 0.520. The first kappa shape index (κ1) is 21.8. The van der Waals surface area contributed by atoms with E-state index in [2.05, 4.69) is 26.3 Å². The number of ketones is 1. The molecule has 0 saturated carbocycles. The summed E-state index contributed by atoms with van der Waals surface area (Å²) in [7, 11) is 0. The van der Waals surface area contributed by atoms with Crippen molar-refractivity contribution in [2.75, 3.05) is 18.0 Å². The second-order valence-corrected chi connectivity index (χ2v) is 10.0. The highest BCUT2D eigenvalue weighted by Gasteiger charge is 2.35. The van der Waals surface area contributed by atoms with E-state index in [4.69, 9.17) is 4.98 Å². The van der Waals surface area contributed by atoms with Crippen molar-refractivity contribution >= 4 is 11.6 Å². The third kappa shape index (κ3) is 4.08. The van der Waals surface area contributed by atoms with Gasteiger partial charge in [-0.3, -0.25) is 14.6 Å². The van der Waals surface area contributed by atoms with Crippen LogP contribution in [0.3, 0.4) is 0 Å². The van der Waals surface area contributed by atoms with Crippen molar-refractivity contribution in [1.29, 1.82) is 0 Å². The van der Waals surface area contributed by atoms with Crippen LogP contribution in [0.25, 0.3) is 0 Å². The summed E-state index contributed by atoms with van der Waals surface area (Å²) in [5.41, 5.74) is 5.44. The Morgan fingerprint density at radius 1 is 1.36 bits per heavy atom. The summed E-state index contributed by atoms with van der Waals surface area (Å²) in [4.78, 5) is 20.1. The molecule has 2 N–H and O–H groups in total. The molecule has 174 valence electrons. The zero-order valence-electron chi connectivity index (χ0n) is 19.8. The van der Waals surface area contributed by atoms with Crippen LogP contribution in [0.4, 0.5) is 5.82 Å². The van der Waals surface area contributed by atoms with Gasteiger partial charge in [0, 0.05) is 42.5 Å². The van der Waals surface area contributed by atoms with Crippen LogP contribution < -0.4 is 4.90 Å². The van der Waals surface area contributed by atoms with Crippen LogP contribution in [0.5, 0.6) is 0 Å². The number of nitrogens with zero attached hydrogens (tertiary/aromatic N) is 5. The van der Waals surface area contributed by atoms with Crippen LogP contribution >= 0.6 is 0 Å². The number of nitrogens with one attached hydrogen (secondary N) is 1. The predicted octanol–water partition coefficient (Wildman–Crippen LogP) is 3.18. The number of aryl methyl sites for hydroxylation is 2. The molecule has 8 heteroatoms. The largest absolute Gasteiger partial charge is 0.388 e. The number of pyridine rings is 1. The summed E-state index contributed by atoms with van der Waals surface area (Å²) in [5, 5.41) is 22.2. The average Bonchev–Trinajstić information content (AvgIpc) is 3.55. The summed E-state index contributed by atoms with van der Waals surface area (Å²) in [6, 6.07) is 4.07. The minimum absolute atomic E-state index is 0.117. The lowest BCUT2D eigenvalue weighted by Gasteiger charge is -2.20. The van der Waals surface area contributed by atoms with E-state index in [0.717, 1.165) is 54.3 Å². The minimum atomic E-state index is -0.653. The van der Waals surface area contributed by atoms with Crippen molar-refractivity contribution in [3.8, 4) is 0 Å². The highest BCUT2D eigenvalue weighted by molar-refractivity contribution is 5.97. The van der Waals surface area contributed by atoms with Gasteiger partial charge in [0.15, 0.2) is 5.78 Å². The fourth-order valence-corrected chi connectivity index (χ4v) is 5.27. The van der Waals surface area contributed by atoms with Crippen LogP contribution in [-0.4, -0.2) is 54.5 Å². The zero-order chi connectivity index (χ0) is 23.3.